The van der Waals surface area contributed by atoms with E-state index in [0.29, 0.717) is 10.2 Å². The van der Waals surface area contributed by atoms with E-state index in [1.54, 1.807) is 6.07 Å². The average molecular weight is 437 g/mol. The van der Waals surface area contributed by atoms with Crippen molar-refractivity contribution in [3.05, 3.63) is 74.8 Å². The molecule has 1 aromatic heterocycles. The fourth-order valence-electron chi connectivity index (χ4n) is 4.22. The summed E-state index contributed by atoms with van der Waals surface area (Å²) in [7, 11) is 0. The lowest BCUT2D eigenvalue weighted by Crippen LogP contribution is -2.44. The van der Waals surface area contributed by atoms with Gasteiger partial charge in [-0.3, -0.25) is 19.1 Å². The van der Waals surface area contributed by atoms with E-state index in [4.69, 9.17) is 12.2 Å². The first-order chi connectivity index (χ1) is 15.0. The highest BCUT2D eigenvalue weighted by molar-refractivity contribution is 7.71. The molecule has 2 N–H and O–H groups in total. The summed E-state index contributed by atoms with van der Waals surface area (Å²) in [5, 5.41) is 3.71. The first kappa shape index (κ1) is 21.5. The van der Waals surface area contributed by atoms with Crippen LogP contribution in [-0.4, -0.2) is 39.5 Å². The SMILES string of the molecule is Cc1cccc(CN2CCC(NC(=O)CCn3c(=S)[nH]c4ccccc4c3=O)CC2)c1. The van der Waals surface area contributed by atoms with Crippen LogP contribution in [0.15, 0.2) is 53.3 Å². The molecule has 0 bridgehead atoms. The number of amides is 1. The van der Waals surface area contributed by atoms with Gasteiger partial charge in [0.05, 0.1) is 10.9 Å². The zero-order valence-electron chi connectivity index (χ0n) is 17.8. The van der Waals surface area contributed by atoms with E-state index < -0.39 is 0 Å². The Kier molecular flexibility index (Phi) is 6.63. The Morgan fingerprint density at radius 2 is 1.94 bits per heavy atom. The number of piperidine rings is 1. The van der Waals surface area contributed by atoms with Crippen molar-refractivity contribution in [2.24, 2.45) is 0 Å². The monoisotopic (exact) mass is 436 g/mol. The zero-order chi connectivity index (χ0) is 21.8. The molecule has 7 heteroatoms. The summed E-state index contributed by atoms with van der Waals surface area (Å²) in [4.78, 5) is 30.7. The maximum atomic E-state index is 12.7. The van der Waals surface area contributed by atoms with Gasteiger partial charge in [0.15, 0.2) is 4.77 Å². The van der Waals surface area contributed by atoms with Gasteiger partial charge in [-0.2, -0.15) is 0 Å². The Morgan fingerprint density at radius 3 is 2.71 bits per heavy atom. The van der Waals surface area contributed by atoms with Gasteiger partial charge in [-0.25, -0.2) is 0 Å². The Labute approximate surface area is 186 Å². The summed E-state index contributed by atoms with van der Waals surface area (Å²) in [6, 6.07) is 16.1. The lowest BCUT2D eigenvalue weighted by molar-refractivity contribution is -0.122. The van der Waals surface area contributed by atoms with Gasteiger partial charge < -0.3 is 10.3 Å². The molecule has 0 atom stereocenters. The summed E-state index contributed by atoms with van der Waals surface area (Å²) in [5.41, 5.74) is 3.18. The van der Waals surface area contributed by atoms with Crippen LogP contribution < -0.4 is 10.9 Å². The van der Waals surface area contributed by atoms with Crippen molar-refractivity contribution >= 4 is 29.0 Å². The number of benzene rings is 2. The summed E-state index contributed by atoms with van der Waals surface area (Å²) in [5.74, 6) is -0.0356. The lowest BCUT2D eigenvalue weighted by Gasteiger charge is -2.32. The number of rotatable bonds is 6. The van der Waals surface area contributed by atoms with Crippen LogP contribution >= 0.6 is 12.2 Å². The normalized spacial score (nSPS) is 15.3. The third-order valence-electron chi connectivity index (χ3n) is 5.89. The standard InChI is InChI=1S/C24H28N4O2S/c1-17-5-4-6-18(15-17)16-27-12-9-19(10-13-27)25-22(29)11-14-28-23(30)20-7-2-3-8-21(20)26-24(28)31/h2-8,15,19H,9-14,16H2,1H3,(H,25,29)(H,26,31). The van der Waals surface area contributed by atoms with Crippen LogP contribution in [0.25, 0.3) is 10.9 Å². The Hall–Kier alpha value is -2.77. The molecular formula is C24H28N4O2S. The highest BCUT2D eigenvalue weighted by Gasteiger charge is 2.21. The summed E-state index contributed by atoms with van der Waals surface area (Å²) < 4.78 is 1.82. The predicted molar refractivity (Wildman–Crippen MR) is 126 cm³/mol. The Morgan fingerprint density at radius 1 is 1.16 bits per heavy atom. The number of carbonyl (C=O) groups is 1. The summed E-state index contributed by atoms with van der Waals surface area (Å²) in [6.07, 6.45) is 2.11. The van der Waals surface area contributed by atoms with Crippen LogP contribution in [-0.2, 0) is 17.9 Å². The van der Waals surface area contributed by atoms with Crippen molar-refractivity contribution < 1.29 is 4.79 Å². The minimum absolute atomic E-state index is 0.0356. The van der Waals surface area contributed by atoms with Gasteiger partial charge in [-0.05, 0) is 49.7 Å². The molecule has 1 fully saturated rings. The highest BCUT2D eigenvalue weighted by Crippen LogP contribution is 2.15. The third kappa shape index (κ3) is 5.29. The molecule has 0 spiro atoms. The number of fused-ring (bicyclic) bond motifs is 1. The third-order valence-corrected chi connectivity index (χ3v) is 6.22. The van der Waals surface area contributed by atoms with Crippen molar-refractivity contribution in [2.45, 2.75) is 45.3 Å². The molecule has 0 aliphatic carbocycles. The molecule has 1 aliphatic rings. The van der Waals surface area contributed by atoms with Crippen molar-refractivity contribution in [1.29, 1.82) is 0 Å². The van der Waals surface area contributed by atoms with Gasteiger partial charge in [0.2, 0.25) is 5.91 Å². The second kappa shape index (κ2) is 9.58. The Bertz CT molecular complexity index is 1190. The van der Waals surface area contributed by atoms with Crippen LogP contribution in [0.3, 0.4) is 0 Å². The smallest absolute Gasteiger partial charge is 0.262 e. The molecule has 0 radical (unpaired) electrons. The van der Waals surface area contributed by atoms with Crippen LogP contribution in [0.1, 0.15) is 30.4 Å². The molecule has 2 aromatic carbocycles. The number of hydrogen-bond acceptors (Lipinski definition) is 4. The van der Waals surface area contributed by atoms with Crippen LogP contribution in [0, 0.1) is 11.7 Å². The second-order valence-electron chi connectivity index (χ2n) is 8.29. The first-order valence-corrected chi connectivity index (χ1v) is 11.2. The summed E-state index contributed by atoms with van der Waals surface area (Å²) >= 11 is 5.33. The highest BCUT2D eigenvalue weighted by atomic mass is 32.1. The number of carbonyl (C=O) groups excluding carboxylic acids is 1. The van der Waals surface area contributed by atoms with Gasteiger partial charge in [0.1, 0.15) is 0 Å². The summed E-state index contributed by atoms with van der Waals surface area (Å²) in [6.45, 7) is 5.27. The molecule has 3 aromatic rings. The van der Waals surface area contributed by atoms with E-state index >= 15 is 0 Å². The van der Waals surface area contributed by atoms with Crippen molar-refractivity contribution in [3.8, 4) is 0 Å². The van der Waals surface area contributed by atoms with Crippen LogP contribution in [0.2, 0.25) is 0 Å². The number of aromatic amines is 1. The molecule has 31 heavy (non-hydrogen) atoms. The predicted octanol–water partition coefficient (Wildman–Crippen LogP) is 3.54. The number of likely N-dealkylation sites (tertiary alicyclic amines) is 1. The maximum Gasteiger partial charge on any atom is 0.262 e. The fraction of sp³-hybridized carbons (Fsp3) is 0.375. The van der Waals surface area contributed by atoms with Crippen molar-refractivity contribution in [1.82, 2.24) is 19.8 Å². The molecule has 1 amide bonds. The number of nitrogens with one attached hydrogen (secondary N) is 2. The fourth-order valence-corrected chi connectivity index (χ4v) is 4.50. The molecule has 1 saturated heterocycles. The molecule has 4 rings (SSSR count). The molecule has 6 nitrogen and oxygen atoms in total. The van der Waals surface area contributed by atoms with Crippen molar-refractivity contribution in [3.63, 3.8) is 0 Å². The number of H-pyrrole nitrogens is 1. The van der Waals surface area contributed by atoms with E-state index in [-0.39, 0.29) is 30.5 Å². The lowest BCUT2D eigenvalue weighted by atomic mass is 10.0. The first-order valence-electron chi connectivity index (χ1n) is 10.8. The van der Waals surface area contributed by atoms with Gasteiger partial charge in [-0.15, -0.1) is 0 Å². The van der Waals surface area contributed by atoms with Gasteiger partial charge in [0.25, 0.3) is 5.56 Å². The van der Waals surface area contributed by atoms with Gasteiger partial charge in [-0.1, -0.05) is 42.0 Å². The molecule has 0 saturated carbocycles. The van der Waals surface area contributed by atoms with Crippen LogP contribution in [0.5, 0.6) is 0 Å². The van der Waals surface area contributed by atoms with E-state index in [1.165, 1.54) is 15.7 Å². The molecule has 1 aliphatic heterocycles. The van der Waals surface area contributed by atoms with E-state index in [1.807, 2.05) is 18.2 Å². The molecule has 0 unspecified atom stereocenters. The quantitative estimate of drug-likeness (QED) is 0.580. The molecular weight excluding hydrogens is 408 g/mol. The minimum atomic E-state index is -0.156. The average Bonchev–Trinajstić information content (AvgIpc) is 2.75. The number of aromatic nitrogens is 2. The zero-order valence-corrected chi connectivity index (χ0v) is 18.6. The number of nitrogens with zero attached hydrogens (tertiary/aromatic N) is 2. The maximum absolute atomic E-state index is 12.7. The van der Waals surface area contributed by atoms with Crippen LogP contribution in [0.4, 0.5) is 0 Å². The topological polar surface area (TPSA) is 70.1 Å². The van der Waals surface area contributed by atoms with Gasteiger partial charge >= 0.3 is 0 Å². The number of aryl methyl sites for hydroxylation is 1. The van der Waals surface area contributed by atoms with E-state index in [9.17, 15) is 9.59 Å². The second-order valence-corrected chi connectivity index (χ2v) is 8.68. The largest absolute Gasteiger partial charge is 0.353 e. The van der Waals surface area contributed by atoms with E-state index in [0.717, 1.165) is 38.0 Å². The number of para-hydroxylation sites is 1. The minimum Gasteiger partial charge on any atom is -0.353 e. The van der Waals surface area contributed by atoms with E-state index in [2.05, 4.69) is 46.4 Å². The molecule has 162 valence electrons. The molecule has 2 heterocycles. The van der Waals surface area contributed by atoms with Gasteiger partial charge in [0, 0.05) is 38.6 Å². The number of hydrogen-bond donors (Lipinski definition) is 2. The van der Waals surface area contributed by atoms with Crippen molar-refractivity contribution in [2.75, 3.05) is 13.1 Å². The Balaban J connectivity index is 1.28.